The van der Waals surface area contributed by atoms with E-state index in [0.717, 1.165) is 49.0 Å². The molecule has 0 aliphatic carbocycles. The summed E-state index contributed by atoms with van der Waals surface area (Å²) < 4.78 is 0. The smallest absolute Gasteiger partial charge is 0.225 e. The number of rotatable bonds is 3. The van der Waals surface area contributed by atoms with E-state index in [0.29, 0.717) is 11.6 Å². The Morgan fingerprint density at radius 3 is 2.43 bits per heavy atom. The van der Waals surface area contributed by atoms with Crippen molar-refractivity contribution in [2.75, 3.05) is 23.3 Å². The number of nitrogens with one attached hydrogen (secondary N) is 1. The van der Waals surface area contributed by atoms with Crippen molar-refractivity contribution < 1.29 is 0 Å². The Kier molecular flexibility index (Phi) is 4.42. The lowest BCUT2D eigenvalue weighted by Gasteiger charge is -2.33. The number of benzene rings is 1. The van der Waals surface area contributed by atoms with Crippen LogP contribution in [-0.4, -0.2) is 29.1 Å². The molecule has 0 saturated carbocycles. The van der Waals surface area contributed by atoms with Crippen LogP contribution in [0.25, 0.3) is 0 Å². The molecule has 0 radical (unpaired) electrons. The molecule has 1 fully saturated rings. The van der Waals surface area contributed by atoms with Crippen LogP contribution in [0.5, 0.6) is 0 Å². The first kappa shape index (κ1) is 15.3. The number of anilines is 2. The molecule has 0 atom stereocenters. The minimum atomic E-state index is 0.381. The molecular formula is C18H21N5. The Balaban J connectivity index is 1.63. The number of para-hydroxylation sites is 1. The van der Waals surface area contributed by atoms with Crippen molar-refractivity contribution in [2.45, 2.75) is 32.7 Å². The van der Waals surface area contributed by atoms with Crippen LogP contribution in [0.4, 0.5) is 11.6 Å². The fraction of sp³-hybridized carbons (Fsp3) is 0.389. The molecule has 0 bridgehead atoms. The first-order valence-electron chi connectivity index (χ1n) is 7.98. The van der Waals surface area contributed by atoms with Crippen molar-refractivity contribution in [3.05, 3.63) is 47.3 Å². The van der Waals surface area contributed by atoms with Gasteiger partial charge in [-0.1, -0.05) is 12.1 Å². The third kappa shape index (κ3) is 3.59. The van der Waals surface area contributed by atoms with Gasteiger partial charge in [0.15, 0.2) is 0 Å². The number of nitrogens with zero attached hydrogens (tertiary/aromatic N) is 4. The molecule has 0 unspecified atom stereocenters. The molecular weight excluding hydrogens is 286 g/mol. The molecule has 0 amide bonds. The van der Waals surface area contributed by atoms with Crippen molar-refractivity contribution in [2.24, 2.45) is 0 Å². The minimum Gasteiger partial charge on any atom is -0.381 e. The van der Waals surface area contributed by atoms with Gasteiger partial charge in [0.05, 0.1) is 11.3 Å². The maximum Gasteiger partial charge on any atom is 0.225 e. The number of hydrogen-bond donors (Lipinski definition) is 1. The zero-order valence-electron chi connectivity index (χ0n) is 13.6. The summed E-state index contributed by atoms with van der Waals surface area (Å²) in [6.45, 7) is 5.86. The molecule has 1 aliphatic heterocycles. The molecule has 2 aromatic rings. The van der Waals surface area contributed by atoms with Crippen LogP contribution in [-0.2, 0) is 0 Å². The summed E-state index contributed by atoms with van der Waals surface area (Å²) in [5, 5.41) is 12.7. The molecule has 3 rings (SSSR count). The highest BCUT2D eigenvalue weighted by molar-refractivity contribution is 5.57. The first-order valence-corrected chi connectivity index (χ1v) is 7.98. The maximum absolute atomic E-state index is 9.18. The van der Waals surface area contributed by atoms with Crippen molar-refractivity contribution >= 4 is 11.6 Å². The third-order valence-corrected chi connectivity index (χ3v) is 4.16. The number of aryl methyl sites for hydroxylation is 2. The monoisotopic (exact) mass is 307 g/mol. The first-order chi connectivity index (χ1) is 11.2. The SMILES string of the molecule is Cc1cc(C)nc(N2CCC(Nc3ccccc3C#N)CC2)n1. The van der Waals surface area contributed by atoms with Crippen LogP contribution in [0, 0.1) is 25.2 Å². The van der Waals surface area contributed by atoms with E-state index in [1.807, 2.05) is 44.2 Å². The van der Waals surface area contributed by atoms with Gasteiger partial charge in [-0.15, -0.1) is 0 Å². The van der Waals surface area contributed by atoms with E-state index in [9.17, 15) is 5.26 Å². The summed E-state index contributed by atoms with van der Waals surface area (Å²) in [4.78, 5) is 11.3. The second kappa shape index (κ2) is 6.66. The molecule has 1 N–H and O–H groups in total. The van der Waals surface area contributed by atoms with Crippen LogP contribution >= 0.6 is 0 Å². The Morgan fingerprint density at radius 1 is 1.13 bits per heavy atom. The average Bonchev–Trinajstić information content (AvgIpc) is 2.55. The van der Waals surface area contributed by atoms with Gasteiger partial charge in [0.2, 0.25) is 5.95 Å². The zero-order valence-corrected chi connectivity index (χ0v) is 13.6. The fourth-order valence-electron chi connectivity index (χ4n) is 3.00. The van der Waals surface area contributed by atoms with Crippen LogP contribution < -0.4 is 10.2 Å². The molecule has 5 nitrogen and oxygen atoms in total. The largest absolute Gasteiger partial charge is 0.381 e. The van der Waals surface area contributed by atoms with Gasteiger partial charge in [-0.2, -0.15) is 5.26 Å². The summed E-state index contributed by atoms with van der Waals surface area (Å²) in [5.41, 5.74) is 3.65. The summed E-state index contributed by atoms with van der Waals surface area (Å²) in [7, 11) is 0. The lowest BCUT2D eigenvalue weighted by atomic mass is 10.0. The van der Waals surface area contributed by atoms with Gasteiger partial charge >= 0.3 is 0 Å². The van der Waals surface area contributed by atoms with Crippen LogP contribution in [0.3, 0.4) is 0 Å². The molecule has 118 valence electrons. The van der Waals surface area contributed by atoms with E-state index in [-0.39, 0.29) is 0 Å². The number of nitriles is 1. The normalized spacial score (nSPS) is 15.3. The minimum absolute atomic E-state index is 0.381. The number of hydrogen-bond acceptors (Lipinski definition) is 5. The van der Waals surface area contributed by atoms with Crippen LogP contribution in [0.2, 0.25) is 0 Å². The topological polar surface area (TPSA) is 64.8 Å². The zero-order chi connectivity index (χ0) is 16.2. The molecule has 1 saturated heterocycles. The van der Waals surface area contributed by atoms with Crippen molar-refractivity contribution in [3.63, 3.8) is 0 Å². The highest BCUT2D eigenvalue weighted by Gasteiger charge is 2.21. The maximum atomic E-state index is 9.18. The van der Waals surface area contributed by atoms with Gasteiger partial charge in [-0.25, -0.2) is 9.97 Å². The average molecular weight is 307 g/mol. The molecule has 1 aromatic carbocycles. The van der Waals surface area contributed by atoms with Gasteiger partial charge in [0, 0.05) is 30.5 Å². The Bertz CT molecular complexity index is 706. The summed E-state index contributed by atoms with van der Waals surface area (Å²) >= 11 is 0. The summed E-state index contributed by atoms with van der Waals surface area (Å²) in [6, 6.07) is 12.3. The van der Waals surface area contributed by atoms with Gasteiger partial charge in [0.25, 0.3) is 0 Å². The second-order valence-corrected chi connectivity index (χ2v) is 6.01. The summed E-state index contributed by atoms with van der Waals surface area (Å²) in [5.74, 6) is 0.832. The summed E-state index contributed by atoms with van der Waals surface area (Å²) in [6.07, 6.45) is 2.02. The van der Waals surface area contributed by atoms with Crippen molar-refractivity contribution in [3.8, 4) is 6.07 Å². The highest BCUT2D eigenvalue weighted by Crippen LogP contribution is 2.22. The number of piperidine rings is 1. The van der Waals surface area contributed by atoms with Crippen LogP contribution in [0.1, 0.15) is 29.8 Å². The molecule has 2 heterocycles. The Morgan fingerprint density at radius 2 is 1.78 bits per heavy atom. The fourth-order valence-corrected chi connectivity index (χ4v) is 3.00. The van der Waals surface area contributed by atoms with Crippen LogP contribution in [0.15, 0.2) is 30.3 Å². The molecule has 0 spiro atoms. The van der Waals surface area contributed by atoms with Gasteiger partial charge < -0.3 is 10.2 Å². The standard InChI is InChI=1S/C18H21N5/c1-13-11-14(2)21-18(20-13)23-9-7-16(8-10-23)22-17-6-4-3-5-15(17)12-19/h3-6,11,16,22H,7-10H2,1-2H3. The predicted octanol–water partition coefficient (Wildman–Crippen LogP) is 3.05. The van der Waals surface area contributed by atoms with E-state index in [4.69, 9.17) is 0 Å². The van der Waals surface area contributed by atoms with E-state index in [2.05, 4.69) is 26.3 Å². The number of aromatic nitrogens is 2. The lowest BCUT2D eigenvalue weighted by Crippen LogP contribution is -2.40. The van der Waals surface area contributed by atoms with E-state index in [1.54, 1.807) is 0 Å². The predicted molar refractivity (Wildman–Crippen MR) is 91.5 cm³/mol. The van der Waals surface area contributed by atoms with Gasteiger partial charge in [-0.05, 0) is 44.9 Å². The molecule has 1 aromatic heterocycles. The quantitative estimate of drug-likeness (QED) is 0.944. The van der Waals surface area contributed by atoms with E-state index >= 15 is 0 Å². The van der Waals surface area contributed by atoms with Crippen molar-refractivity contribution in [1.82, 2.24) is 9.97 Å². The highest BCUT2D eigenvalue weighted by atomic mass is 15.3. The van der Waals surface area contributed by atoms with E-state index < -0.39 is 0 Å². The third-order valence-electron chi connectivity index (χ3n) is 4.16. The lowest BCUT2D eigenvalue weighted by molar-refractivity contribution is 0.519. The Labute approximate surface area is 137 Å². The molecule has 23 heavy (non-hydrogen) atoms. The molecule has 1 aliphatic rings. The van der Waals surface area contributed by atoms with Gasteiger partial charge in [0.1, 0.15) is 6.07 Å². The Hall–Kier alpha value is -2.61. The van der Waals surface area contributed by atoms with Gasteiger partial charge in [-0.3, -0.25) is 0 Å². The second-order valence-electron chi connectivity index (χ2n) is 6.01. The van der Waals surface area contributed by atoms with E-state index in [1.165, 1.54) is 0 Å². The van der Waals surface area contributed by atoms with Crippen molar-refractivity contribution in [1.29, 1.82) is 5.26 Å². The molecule has 5 heteroatoms.